The molecule has 0 aliphatic carbocycles. The van der Waals surface area contributed by atoms with Crippen molar-refractivity contribution < 1.29 is 13.2 Å². The topological polar surface area (TPSA) is 59.9 Å². The molecule has 0 atom stereocenters. The Morgan fingerprint density at radius 3 is 2.44 bits per heavy atom. The van der Waals surface area contributed by atoms with E-state index in [1.807, 2.05) is 0 Å². The van der Waals surface area contributed by atoms with E-state index >= 15 is 0 Å². The number of aromatic nitrogens is 2. The molecule has 0 radical (unpaired) electrons. The predicted octanol–water partition coefficient (Wildman–Crippen LogP) is 0.668. The lowest BCUT2D eigenvalue weighted by atomic mass is 10.3. The minimum atomic E-state index is -4.17. The van der Waals surface area contributed by atoms with Gasteiger partial charge in [0, 0.05) is 58.7 Å². The molecule has 0 spiro atoms. The van der Waals surface area contributed by atoms with Gasteiger partial charge in [0.1, 0.15) is 0 Å². The Balaban J connectivity index is 1.75. The maximum atomic E-state index is 12.3. The van der Waals surface area contributed by atoms with Crippen molar-refractivity contribution in [2.75, 3.05) is 64.8 Å². The molecule has 140 valence electrons. The molecule has 2 rings (SSSR count). The van der Waals surface area contributed by atoms with Gasteiger partial charge < -0.3 is 15.1 Å². The van der Waals surface area contributed by atoms with Gasteiger partial charge in [-0.05, 0) is 13.1 Å². The fourth-order valence-corrected chi connectivity index (χ4v) is 2.65. The fourth-order valence-electron chi connectivity index (χ4n) is 2.65. The summed E-state index contributed by atoms with van der Waals surface area (Å²) in [7, 11) is 3.13. The van der Waals surface area contributed by atoms with Crippen LogP contribution >= 0.6 is 0 Å². The number of anilines is 1. The van der Waals surface area contributed by atoms with Crippen LogP contribution in [0.25, 0.3) is 0 Å². The highest BCUT2D eigenvalue weighted by Crippen LogP contribution is 2.15. The molecule has 10 heteroatoms. The second-order valence-corrected chi connectivity index (χ2v) is 5.85. The van der Waals surface area contributed by atoms with Gasteiger partial charge in [-0.15, -0.1) is 0 Å². The van der Waals surface area contributed by atoms with Gasteiger partial charge in [-0.2, -0.15) is 13.2 Å². The molecule has 25 heavy (non-hydrogen) atoms. The molecule has 1 aromatic heterocycles. The van der Waals surface area contributed by atoms with Crippen LogP contribution < -0.4 is 10.2 Å². The van der Waals surface area contributed by atoms with Gasteiger partial charge in [0.05, 0.1) is 6.54 Å². The largest absolute Gasteiger partial charge is 0.401 e. The van der Waals surface area contributed by atoms with Crippen LogP contribution in [0.2, 0.25) is 0 Å². The van der Waals surface area contributed by atoms with Crippen molar-refractivity contribution in [3.63, 3.8) is 0 Å². The Hall–Kier alpha value is -2.10. The lowest BCUT2D eigenvalue weighted by Crippen LogP contribution is -2.53. The Bertz CT molecular complexity index is 542. The van der Waals surface area contributed by atoms with E-state index in [2.05, 4.69) is 30.1 Å². The number of alkyl halides is 3. The normalized spacial score (nSPS) is 16.5. The van der Waals surface area contributed by atoms with Crippen molar-refractivity contribution in [3.05, 3.63) is 18.5 Å². The summed E-state index contributed by atoms with van der Waals surface area (Å²) < 4.78 is 36.9. The summed E-state index contributed by atoms with van der Waals surface area (Å²) in [5.74, 6) is 1.41. The van der Waals surface area contributed by atoms with Gasteiger partial charge >= 0.3 is 6.18 Å². The van der Waals surface area contributed by atoms with Crippen LogP contribution in [0, 0.1) is 0 Å². The van der Waals surface area contributed by atoms with Crippen LogP contribution in [0.1, 0.15) is 0 Å². The molecule has 0 bridgehead atoms. The molecule has 7 nitrogen and oxygen atoms in total. The van der Waals surface area contributed by atoms with E-state index in [-0.39, 0.29) is 6.54 Å². The van der Waals surface area contributed by atoms with E-state index in [1.54, 1.807) is 25.5 Å². The summed E-state index contributed by atoms with van der Waals surface area (Å²) in [6, 6.07) is 1.78. The van der Waals surface area contributed by atoms with Crippen molar-refractivity contribution in [1.82, 2.24) is 25.1 Å². The molecule has 1 aliphatic rings. The van der Waals surface area contributed by atoms with Crippen LogP contribution in [0.4, 0.5) is 19.1 Å². The standard InChI is InChI=1S/C15H24F3N7/c1-19-13(22-6-7-23(2)12-15(16,17)18)24-8-10-25(11-9-24)14-20-4-3-5-21-14/h3-5H,6-12H2,1-2H3,(H,19,22). The molecule has 1 saturated heterocycles. The number of hydrogen-bond acceptors (Lipinski definition) is 5. The highest BCUT2D eigenvalue weighted by atomic mass is 19.4. The molecule has 1 N–H and O–H groups in total. The second kappa shape index (κ2) is 8.84. The van der Waals surface area contributed by atoms with Crippen LogP contribution in [0.5, 0.6) is 0 Å². The Morgan fingerprint density at radius 1 is 1.24 bits per heavy atom. The van der Waals surface area contributed by atoms with E-state index in [0.717, 1.165) is 26.2 Å². The smallest absolute Gasteiger partial charge is 0.355 e. The number of likely N-dealkylation sites (N-methyl/N-ethyl adjacent to an activating group) is 1. The molecule has 2 heterocycles. The molecule has 0 unspecified atom stereocenters. The molecule has 0 amide bonds. The van der Waals surface area contributed by atoms with E-state index < -0.39 is 12.7 Å². The fraction of sp³-hybridized carbons (Fsp3) is 0.667. The minimum absolute atomic E-state index is 0.288. The zero-order valence-electron chi connectivity index (χ0n) is 14.5. The SMILES string of the molecule is CN=C(NCCN(C)CC(F)(F)F)N1CCN(c2ncccn2)CC1. The number of nitrogens with one attached hydrogen (secondary N) is 1. The predicted molar refractivity (Wildman–Crippen MR) is 90.7 cm³/mol. The number of guanidine groups is 1. The van der Waals surface area contributed by atoms with Gasteiger partial charge in [-0.1, -0.05) is 0 Å². The summed E-state index contributed by atoms with van der Waals surface area (Å²) in [6.07, 6.45) is -0.744. The maximum Gasteiger partial charge on any atom is 0.401 e. The van der Waals surface area contributed by atoms with E-state index in [4.69, 9.17) is 0 Å². The lowest BCUT2D eigenvalue weighted by molar-refractivity contribution is -0.142. The first-order valence-electron chi connectivity index (χ1n) is 8.12. The lowest BCUT2D eigenvalue weighted by Gasteiger charge is -2.36. The first-order valence-corrected chi connectivity index (χ1v) is 8.12. The summed E-state index contributed by atoms with van der Waals surface area (Å²) in [5, 5.41) is 3.13. The van der Waals surface area contributed by atoms with Gasteiger partial charge in [0.2, 0.25) is 5.95 Å². The zero-order chi connectivity index (χ0) is 18.3. The average Bonchev–Trinajstić information content (AvgIpc) is 2.58. The Kier molecular flexibility index (Phi) is 6.80. The average molecular weight is 359 g/mol. The monoisotopic (exact) mass is 359 g/mol. The Labute approximate surface area is 145 Å². The van der Waals surface area contributed by atoms with Gasteiger partial charge in [0.25, 0.3) is 0 Å². The molecule has 1 aliphatic heterocycles. The van der Waals surface area contributed by atoms with Crippen molar-refractivity contribution in [2.24, 2.45) is 4.99 Å². The number of halogens is 3. The first-order chi connectivity index (χ1) is 11.9. The number of nitrogens with zero attached hydrogens (tertiary/aromatic N) is 6. The van der Waals surface area contributed by atoms with E-state index in [1.165, 1.54) is 11.9 Å². The van der Waals surface area contributed by atoms with Crippen LogP contribution in [0.3, 0.4) is 0 Å². The summed E-state index contributed by atoms with van der Waals surface area (Å²) in [5.41, 5.74) is 0. The van der Waals surface area contributed by atoms with Gasteiger partial charge in [-0.25, -0.2) is 9.97 Å². The number of piperazine rings is 1. The molecule has 0 aromatic carbocycles. The molecule has 1 aromatic rings. The Morgan fingerprint density at radius 2 is 1.88 bits per heavy atom. The highest BCUT2D eigenvalue weighted by molar-refractivity contribution is 5.80. The van der Waals surface area contributed by atoms with Crippen molar-refractivity contribution >= 4 is 11.9 Å². The third-order valence-electron chi connectivity index (χ3n) is 3.85. The third-order valence-corrected chi connectivity index (χ3v) is 3.85. The van der Waals surface area contributed by atoms with Crippen LogP contribution in [-0.4, -0.2) is 91.8 Å². The highest BCUT2D eigenvalue weighted by Gasteiger charge is 2.29. The van der Waals surface area contributed by atoms with Gasteiger partial charge in [0.15, 0.2) is 5.96 Å². The molecule has 0 saturated carbocycles. The summed E-state index contributed by atoms with van der Waals surface area (Å²) in [6.45, 7) is 2.80. The second-order valence-electron chi connectivity index (χ2n) is 5.85. The van der Waals surface area contributed by atoms with Crippen molar-refractivity contribution in [1.29, 1.82) is 0 Å². The number of rotatable bonds is 5. The number of hydrogen-bond donors (Lipinski definition) is 1. The summed E-state index contributed by atoms with van der Waals surface area (Å²) in [4.78, 5) is 18.1. The van der Waals surface area contributed by atoms with Crippen molar-refractivity contribution in [3.8, 4) is 0 Å². The summed E-state index contributed by atoms with van der Waals surface area (Å²) >= 11 is 0. The van der Waals surface area contributed by atoms with Crippen LogP contribution in [0.15, 0.2) is 23.5 Å². The first kappa shape index (κ1) is 19.2. The van der Waals surface area contributed by atoms with Crippen molar-refractivity contribution in [2.45, 2.75) is 6.18 Å². The van der Waals surface area contributed by atoms with E-state index in [9.17, 15) is 13.2 Å². The molecular weight excluding hydrogens is 335 g/mol. The van der Waals surface area contributed by atoms with Crippen LogP contribution in [-0.2, 0) is 0 Å². The quantitative estimate of drug-likeness (QED) is 0.616. The minimum Gasteiger partial charge on any atom is -0.355 e. The van der Waals surface area contributed by atoms with Gasteiger partial charge in [-0.3, -0.25) is 9.89 Å². The number of aliphatic imine (C=N–C) groups is 1. The molecular formula is C15H24F3N7. The third kappa shape index (κ3) is 6.37. The van der Waals surface area contributed by atoms with E-state index in [0.29, 0.717) is 18.5 Å². The zero-order valence-corrected chi connectivity index (χ0v) is 14.5. The molecule has 1 fully saturated rings. The maximum absolute atomic E-state index is 12.3.